The van der Waals surface area contributed by atoms with Crippen LogP contribution in [0.4, 0.5) is 17.5 Å². The van der Waals surface area contributed by atoms with Crippen molar-refractivity contribution >= 4 is 40.1 Å². The van der Waals surface area contributed by atoms with Gasteiger partial charge in [0.25, 0.3) is 0 Å². The van der Waals surface area contributed by atoms with Crippen LogP contribution in [-0.2, 0) is 4.74 Å². The third-order valence-corrected chi connectivity index (χ3v) is 7.35. The molecule has 1 aromatic carbocycles. The lowest BCUT2D eigenvalue weighted by Crippen LogP contribution is -2.44. The molecule has 0 atom stereocenters. The Bertz CT molecular complexity index is 1360. The lowest BCUT2D eigenvalue weighted by Gasteiger charge is -2.37. The highest BCUT2D eigenvalue weighted by atomic mass is 16.5. The number of nitrogens with one attached hydrogen (secondary N) is 1. The van der Waals surface area contributed by atoms with Crippen molar-refractivity contribution in [2.45, 2.75) is 25.2 Å². The third-order valence-electron chi connectivity index (χ3n) is 7.35. The number of hydrogen-bond donors (Lipinski definition) is 2. The summed E-state index contributed by atoms with van der Waals surface area (Å²) in [5.74, 6) is 2.68. The van der Waals surface area contributed by atoms with Crippen molar-refractivity contribution in [3.63, 3.8) is 0 Å². The maximum absolute atomic E-state index is 5.78. The van der Waals surface area contributed by atoms with Gasteiger partial charge in [-0.15, -0.1) is 0 Å². The fourth-order valence-corrected chi connectivity index (χ4v) is 5.10. The number of hydrogen-bond acceptors (Lipinski definition) is 9. The summed E-state index contributed by atoms with van der Waals surface area (Å²) in [4.78, 5) is 21.1. The molecule has 1 saturated carbocycles. The second kappa shape index (κ2) is 9.05. The van der Waals surface area contributed by atoms with Crippen LogP contribution in [0.3, 0.4) is 0 Å². The minimum absolute atomic E-state index is 0.270. The number of ether oxygens (including phenoxy) is 2. The number of nitrogens with zero attached hydrogens (tertiary/aromatic N) is 5. The quantitative estimate of drug-likeness (QED) is 0.485. The number of benzene rings is 1. The molecule has 1 aliphatic carbocycles. The maximum atomic E-state index is 5.78. The number of methoxy groups -OCH3 is 1. The van der Waals surface area contributed by atoms with Crippen molar-refractivity contribution in [3.8, 4) is 5.75 Å². The maximum Gasteiger partial charge on any atom is 0.227 e. The van der Waals surface area contributed by atoms with E-state index in [1.165, 1.54) is 19.0 Å². The Morgan fingerprint density at radius 1 is 1.28 bits per heavy atom. The molecule has 0 bridgehead atoms. The van der Waals surface area contributed by atoms with Crippen molar-refractivity contribution in [1.29, 1.82) is 0 Å². The Morgan fingerprint density at radius 2 is 2.14 bits per heavy atom. The van der Waals surface area contributed by atoms with Gasteiger partial charge in [0.1, 0.15) is 11.3 Å². The van der Waals surface area contributed by atoms with Crippen LogP contribution >= 0.6 is 0 Å². The summed E-state index contributed by atoms with van der Waals surface area (Å²) in [6, 6.07) is 7.98. The van der Waals surface area contributed by atoms with Gasteiger partial charge < -0.3 is 25.4 Å². The Hall–Kier alpha value is -3.72. The normalized spacial score (nSPS) is 19.3. The highest BCUT2D eigenvalue weighted by Crippen LogP contribution is 2.44. The molecule has 0 radical (unpaired) electrons. The minimum atomic E-state index is 0.270. The fraction of sp³-hybridized carbons (Fsp3) is 0.407. The van der Waals surface area contributed by atoms with Crippen LogP contribution in [0, 0.1) is 5.41 Å². The zero-order valence-electron chi connectivity index (χ0n) is 20.7. The highest BCUT2D eigenvalue weighted by Gasteiger charge is 2.45. The predicted octanol–water partition coefficient (Wildman–Crippen LogP) is 3.88. The first-order chi connectivity index (χ1) is 17.6. The molecule has 0 unspecified atom stereocenters. The number of anilines is 3. The number of fused-ring (bicyclic) bond motifs is 1. The van der Waals surface area contributed by atoms with E-state index in [1.54, 1.807) is 20.4 Å². The summed E-state index contributed by atoms with van der Waals surface area (Å²) in [5, 5.41) is 4.37. The van der Waals surface area contributed by atoms with Gasteiger partial charge >= 0.3 is 0 Å². The lowest BCUT2D eigenvalue weighted by molar-refractivity contribution is -0.0985. The predicted molar refractivity (Wildman–Crippen MR) is 142 cm³/mol. The number of nitrogens with two attached hydrogens (primary N) is 1. The SMILES string of the molecule is CN=CC(=CN)c1ccc(Nc2ncc3cc(C4CC4)nc(N4CCC5(COC5)C4)c3n2)c(OC)c1. The van der Waals surface area contributed by atoms with E-state index in [9.17, 15) is 0 Å². The van der Waals surface area contributed by atoms with Crippen LogP contribution < -0.4 is 20.7 Å². The molecule has 4 heterocycles. The van der Waals surface area contributed by atoms with E-state index in [2.05, 4.69) is 26.3 Å². The minimum Gasteiger partial charge on any atom is -0.495 e. The zero-order valence-corrected chi connectivity index (χ0v) is 20.7. The molecule has 0 amide bonds. The average Bonchev–Trinajstić information content (AvgIpc) is 3.63. The van der Waals surface area contributed by atoms with Crippen molar-refractivity contribution in [2.24, 2.45) is 16.1 Å². The molecule has 2 aliphatic heterocycles. The van der Waals surface area contributed by atoms with E-state index in [-0.39, 0.29) is 5.41 Å². The Morgan fingerprint density at radius 3 is 2.81 bits per heavy atom. The molecule has 3 aromatic rings. The van der Waals surface area contributed by atoms with Crippen LogP contribution in [0.15, 0.2) is 41.7 Å². The highest BCUT2D eigenvalue weighted by molar-refractivity contribution is 6.09. The van der Waals surface area contributed by atoms with Crippen LogP contribution in [-0.4, -0.2) is 61.6 Å². The van der Waals surface area contributed by atoms with E-state index in [0.29, 0.717) is 17.6 Å². The first kappa shape index (κ1) is 22.7. The van der Waals surface area contributed by atoms with Gasteiger partial charge in [0.2, 0.25) is 5.95 Å². The van der Waals surface area contributed by atoms with Gasteiger partial charge in [-0.3, -0.25) is 4.99 Å². The Balaban J connectivity index is 1.35. The van der Waals surface area contributed by atoms with E-state index in [1.807, 2.05) is 24.4 Å². The standard InChI is InChI=1S/C27H31N7O2/c1-29-12-20(11-28)18-5-6-21(23(10-18)35-2)32-26-30-13-19-9-22(17-3-4-17)31-25(24(19)33-26)34-8-7-27(14-34)15-36-16-27/h5-6,9-13,17H,3-4,7-8,14-16,28H2,1-2H3,(H,30,32,33). The van der Waals surface area contributed by atoms with Gasteiger partial charge in [-0.1, -0.05) is 6.07 Å². The largest absolute Gasteiger partial charge is 0.495 e. The number of rotatable bonds is 7. The molecule has 6 rings (SSSR count). The number of allylic oxidation sites excluding steroid dienone is 1. The van der Waals surface area contributed by atoms with Gasteiger partial charge in [0.05, 0.1) is 26.0 Å². The molecule has 1 spiro atoms. The molecule has 3 fully saturated rings. The third kappa shape index (κ3) is 4.13. The van der Waals surface area contributed by atoms with Crippen molar-refractivity contribution < 1.29 is 9.47 Å². The second-order valence-corrected chi connectivity index (χ2v) is 9.99. The molecule has 9 heteroatoms. The Labute approximate surface area is 210 Å². The first-order valence-corrected chi connectivity index (χ1v) is 12.4. The van der Waals surface area contributed by atoms with Gasteiger partial charge in [-0.25, -0.2) is 15.0 Å². The lowest BCUT2D eigenvalue weighted by atomic mass is 9.85. The van der Waals surface area contributed by atoms with Gasteiger partial charge in [-0.05, 0) is 43.0 Å². The molecule has 36 heavy (non-hydrogen) atoms. The molecular formula is C27H31N7O2. The fourth-order valence-electron chi connectivity index (χ4n) is 5.10. The topological polar surface area (TPSA) is 111 Å². The smallest absolute Gasteiger partial charge is 0.227 e. The average molecular weight is 486 g/mol. The van der Waals surface area contributed by atoms with Crippen LogP contribution in [0.25, 0.3) is 16.5 Å². The van der Waals surface area contributed by atoms with Gasteiger partial charge in [-0.2, -0.15) is 0 Å². The van der Waals surface area contributed by atoms with Crippen LogP contribution in [0.5, 0.6) is 5.75 Å². The van der Waals surface area contributed by atoms with E-state index in [0.717, 1.165) is 72.0 Å². The van der Waals surface area contributed by atoms with E-state index in [4.69, 9.17) is 25.2 Å². The summed E-state index contributed by atoms with van der Waals surface area (Å²) in [7, 11) is 3.35. The van der Waals surface area contributed by atoms with Gasteiger partial charge in [0, 0.05) is 66.7 Å². The van der Waals surface area contributed by atoms with Crippen LogP contribution in [0.1, 0.15) is 36.4 Å². The van der Waals surface area contributed by atoms with E-state index < -0.39 is 0 Å². The van der Waals surface area contributed by atoms with E-state index >= 15 is 0 Å². The first-order valence-electron chi connectivity index (χ1n) is 12.4. The second-order valence-electron chi connectivity index (χ2n) is 9.99. The molecule has 186 valence electrons. The molecule has 3 N–H and O–H groups in total. The monoisotopic (exact) mass is 485 g/mol. The summed E-state index contributed by atoms with van der Waals surface area (Å²) in [5.41, 5.74) is 10.6. The summed E-state index contributed by atoms with van der Waals surface area (Å²) < 4.78 is 11.2. The Kier molecular flexibility index (Phi) is 5.72. The molecule has 9 nitrogen and oxygen atoms in total. The number of aromatic nitrogens is 3. The molecule has 3 aliphatic rings. The number of pyridine rings is 1. The summed E-state index contributed by atoms with van der Waals surface area (Å²) in [6.45, 7) is 3.61. The molecule has 2 saturated heterocycles. The van der Waals surface area contributed by atoms with Crippen LogP contribution in [0.2, 0.25) is 0 Å². The molecule has 2 aromatic heterocycles. The summed E-state index contributed by atoms with van der Waals surface area (Å²) >= 11 is 0. The van der Waals surface area contributed by atoms with Crippen molar-refractivity contribution in [2.75, 3.05) is 50.7 Å². The number of aliphatic imine (C=N–C) groups is 1. The van der Waals surface area contributed by atoms with Gasteiger partial charge in [0.15, 0.2) is 5.82 Å². The summed E-state index contributed by atoms with van der Waals surface area (Å²) in [6.07, 6.45) is 8.69. The zero-order chi connectivity index (χ0) is 24.7. The molecular weight excluding hydrogens is 454 g/mol. The van der Waals surface area contributed by atoms with Crippen molar-refractivity contribution in [3.05, 3.63) is 47.9 Å². The van der Waals surface area contributed by atoms with Crippen molar-refractivity contribution in [1.82, 2.24) is 15.0 Å².